The van der Waals surface area contributed by atoms with Crippen LogP contribution in [0.1, 0.15) is 35.1 Å². The number of anilines is 1. The number of ether oxygens (including phenoxy) is 2. The number of nitrogens with zero attached hydrogens (tertiary/aromatic N) is 2. The van der Waals surface area contributed by atoms with Gasteiger partial charge in [-0.15, -0.1) is 0 Å². The van der Waals surface area contributed by atoms with E-state index < -0.39 is 0 Å². The first kappa shape index (κ1) is 21.6. The molecule has 0 aliphatic heterocycles. The van der Waals surface area contributed by atoms with Crippen LogP contribution in [0.15, 0.2) is 48.5 Å². The number of rotatable bonds is 10. The second-order valence-corrected chi connectivity index (χ2v) is 7.48. The molecule has 1 atom stereocenters. The van der Waals surface area contributed by atoms with E-state index in [0.29, 0.717) is 18.5 Å². The maximum Gasteiger partial charge on any atom is 0.251 e. The highest BCUT2D eigenvalue weighted by Crippen LogP contribution is 2.18. The zero-order valence-electron chi connectivity index (χ0n) is 17.3. The Kier molecular flexibility index (Phi) is 7.62. The van der Waals surface area contributed by atoms with E-state index in [9.17, 15) is 4.79 Å². The Balaban J connectivity index is 1.52. The van der Waals surface area contributed by atoms with Crippen LogP contribution in [0.2, 0.25) is 0 Å². The topological polar surface area (TPSA) is 85.4 Å². The molecular formula is C22H26N4O3S. The largest absolute Gasteiger partial charge is 0.497 e. The van der Waals surface area contributed by atoms with Crippen LogP contribution in [-0.2, 0) is 6.42 Å². The predicted octanol–water partition coefficient (Wildman–Crippen LogP) is 3.77. The van der Waals surface area contributed by atoms with Gasteiger partial charge in [-0.2, -0.15) is 4.37 Å². The molecule has 0 saturated carbocycles. The fourth-order valence-corrected chi connectivity index (χ4v) is 3.47. The molecule has 30 heavy (non-hydrogen) atoms. The van der Waals surface area contributed by atoms with Gasteiger partial charge in [0.2, 0.25) is 5.13 Å². The van der Waals surface area contributed by atoms with Crippen molar-refractivity contribution in [3.8, 4) is 11.5 Å². The molecule has 1 aromatic heterocycles. The molecule has 0 aliphatic carbocycles. The summed E-state index contributed by atoms with van der Waals surface area (Å²) in [5, 5.41) is 7.08. The third kappa shape index (κ3) is 5.93. The van der Waals surface area contributed by atoms with Crippen LogP contribution in [-0.4, -0.2) is 42.1 Å². The molecule has 158 valence electrons. The molecule has 2 aromatic carbocycles. The van der Waals surface area contributed by atoms with Crippen LogP contribution in [0.5, 0.6) is 11.5 Å². The highest BCUT2D eigenvalue weighted by atomic mass is 32.1. The Morgan fingerprint density at radius 2 is 1.87 bits per heavy atom. The average Bonchev–Trinajstić information content (AvgIpc) is 3.23. The second-order valence-electron chi connectivity index (χ2n) is 6.73. The Morgan fingerprint density at radius 3 is 2.57 bits per heavy atom. The van der Waals surface area contributed by atoms with Crippen molar-refractivity contribution in [2.45, 2.75) is 25.8 Å². The van der Waals surface area contributed by atoms with E-state index in [1.807, 2.05) is 31.2 Å². The zero-order valence-corrected chi connectivity index (χ0v) is 18.2. The van der Waals surface area contributed by atoms with Crippen molar-refractivity contribution >= 4 is 22.6 Å². The van der Waals surface area contributed by atoms with Crippen molar-refractivity contribution in [1.29, 1.82) is 0 Å². The minimum atomic E-state index is -0.109. The summed E-state index contributed by atoms with van der Waals surface area (Å²) in [7, 11) is 3.25. The molecule has 7 nitrogen and oxygen atoms in total. The van der Waals surface area contributed by atoms with Crippen LogP contribution < -0.4 is 20.1 Å². The van der Waals surface area contributed by atoms with Gasteiger partial charge in [0.25, 0.3) is 5.91 Å². The first-order valence-electron chi connectivity index (χ1n) is 9.75. The highest BCUT2D eigenvalue weighted by Gasteiger charge is 2.13. The monoisotopic (exact) mass is 426 g/mol. The van der Waals surface area contributed by atoms with E-state index in [4.69, 9.17) is 9.47 Å². The molecular weight excluding hydrogens is 400 g/mol. The fraction of sp³-hybridized carbons (Fsp3) is 0.318. The van der Waals surface area contributed by atoms with Crippen molar-refractivity contribution in [2.24, 2.45) is 0 Å². The number of nitrogens with one attached hydrogen (secondary N) is 2. The summed E-state index contributed by atoms with van der Waals surface area (Å²) in [5.41, 5.74) is 1.70. The molecule has 3 rings (SSSR count). The summed E-state index contributed by atoms with van der Waals surface area (Å²) in [5.74, 6) is 2.19. The molecule has 0 spiro atoms. The first-order chi connectivity index (χ1) is 14.6. The predicted molar refractivity (Wildman–Crippen MR) is 119 cm³/mol. The van der Waals surface area contributed by atoms with E-state index in [1.165, 1.54) is 11.5 Å². The number of hydrogen-bond donors (Lipinski definition) is 2. The first-order valence-corrected chi connectivity index (χ1v) is 10.5. The van der Waals surface area contributed by atoms with Crippen LogP contribution >= 0.6 is 11.5 Å². The van der Waals surface area contributed by atoms with Gasteiger partial charge in [-0.05, 0) is 48.4 Å². The molecule has 2 N–H and O–H groups in total. The van der Waals surface area contributed by atoms with Crippen molar-refractivity contribution in [3.05, 3.63) is 65.5 Å². The molecule has 0 radical (unpaired) electrons. The lowest BCUT2D eigenvalue weighted by Crippen LogP contribution is -2.39. The Bertz CT molecular complexity index is 959. The lowest BCUT2D eigenvalue weighted by atomic mass is 10.1. The standard InChI is InChI=1S/C22H26N4O3S/c1-4-17(24-21(27)16-8-10-18(28-2)11-9-16)14-23-22-25-20(26-30-22)13-15-6-5-7-19(12-15)29-3/h5-12,17H,4,13-14H2,1-3H3,(H,24,27)(H,23,25,26). The SMILES string of the molecule is CCC(CNc1nc(Cc2cccc(OC)c2)ns1)NC(=O)c1ccc(OC)cc1. The number of amides is 1. The summed E-state index contributed by atoms with van der Waals surface area (Å²) in [6, 6.07) is 14.9. The maximum absolute atomic E-state index is 12.5. The highest BCUT2D eigenvalue weighted by molar-refractivity contribution is 7.09. The second kappa shape index (κ2) is 10.6. The van der Waals surface area contributed by atoms with Crippen LogP contribution in [0, 0.1) is 0 Å². The fourth-order valence-electron chi connectivity index (χ4n) is 2.88. The van der Waals surface area contributed by atoms with Crippen molar-refractivity contribution in [1.82, 2.24) is 14.7 Å². The normalized spacial score (nSPS) is 11.6. The molecule has 1 heterocycles. The number of benzene rings is 2. The molecule has 0 bridgehead atoms. The number of carbonyl (C=O) groups excluding carboxylic acids is 1. The smallest absolute Gasteiger partial charge is 0.251 e. The van der Waals surface area contributed by atoms with Gasteiger partial charge in [0.1, 0.15) is 17.3 Å². The van der Waals surface area contributed by atoms with Gasteiger partial charge in [-0.25, -0.2) is 4.98 Å². The van der Waals surface area contributed by atoms with Crippen molar-refractivity contribution < 1.29 is 14.3 Å². The van der Waals surface area contributed by atoms with E-state index in [2.05, 4.69) is 20.0 Å². The third-order valence-electron chi connectivity index (χ3n) is 4.64. The number of hydrogen-bond acceptors (Lipinski definition) is 7. The summed E-state index contributed by atoms with van der Waals surface area (Å²) in [4.78, 5) is 17.0. The summed E-state index contributed by atoms with van der Waals surface area (Å²) >= 11 is 1.32. The van der Waals surface area contributed by atoms with Gasteiger partial charge in [0.15, 0.2) is 0 Å². The molecule has 1 amide bonds. The molecule has 8 heteroatoms. The minimum absolute atomic E-state index is 0.0228. The van der Waals surface area contributed by atoms with Gasteiger partial charge in [0, 0.05) is 36.1 Å². The summed E-state index contributed by atoms with van der Waals surface area (Å²) in [6.45, 7) is 2.61. The van der Waals surface area contributed by atoms with Crippen LogP contribution in [0.25, 0.3) is 0 Å². The van der Waals surface area contributed by atoms with Gasteiger partial charge < -0.3 is 20.1 Å². The third-order valence-corrected chi connectivity index (χ3v) is 5.35. The molecule has 1 unspecified atom stereocenters. The average molecular weight is 427 g/mol. The maximum atomic E-state index is 12.5. The number of methoxy groups -OCH3 is 2. The van der Waals surface area contributed by atoms with Gasteiger partial charge in [-0.3, -0.25) is 4.79 Å². The Labute approximate surface area is 180 Å². The van der Waals surface area contributed by atoms with E-state index >= 15 is 0 Å². The Hall–Kier alpha value is -3.13. The Morgan fingerprint density at radius 1 is 1.10 bits per heavy atom. The van der Waals surface area contributed by atoms with Crippen LogP contribution in [0.4, 0.5) is 5.13 Å². The molecule has 3 aromatic rings. The summed E-state index contributed by atoms with van der Waals surface area (Å²) < 4.78 is 14.8. The lowest BCUT2D eigenvalue weighted by Gasteiger charge is -2.17. The number of aromatic nitrogens is 2. The van der Waals surface area contributed by atoms with Gasteiger partial charge >= 0.3 is 0 Å². The van der Waals surface area contributed by atoms with Crippen LogP contribution in [0.3, 0.4) is 0 Å². The van der Waals surface area contributed by atoms with E-state index in [-0.39, 0.29) is 11.9 Å². The van der Waals surface area contributed by atoms with E-state index in [0.717, 1.165) is 34.4 Å². The molecule has 0 saturated heterocycles. The lowest BCUT2D eigenvalue weighted by molar-refractivity contribution is 0.0938. The minimum Gasteiger partial charge on any atom is -0.497 e. The van der Waals surface area contributed by atoms with E-state index in [1.54, 1.807) is 38.5 Å². The zero-order chi connectivity index (χ0) is 21.3. The number of carbonyl (C=O) groups is 1. The quantitative estimate of drug-likeness (QED) is 0.513. The van der Waals surface area contributed by atoms with Gasteiger partial charge in [0.05, 0.1) is 14.2 Å². The summed E-state index contributed by atoms with van der Waals surface area (Å²) in [6.07, 6.45) is 1.44. The van der Waals surface area contributed by atoms with Gasteiger partial charge in [-0.1, -0.05) is 19.1 Å². The van der Waals surface area contributed by atoms with Crippen molar-refractivity contribution in [2.75, 3.05) is 26.1 Å². The van der Waals surface area contributed by atoms with Crippen molar-refractivity contribution in [3.63, 3.8) is 0 Å². The molecule has 0 aliphatic rings. The molecule has 0 fully saturated rings.